The van der Waals surface area contributed by atoms with Gasteiger partial charge in [0.2, 0.25) is 0 Å². The van der Waals surface area contributed by atoms with Crippen molar-refractivity contribution in [1.29, 1.82) is 0 Å². The standard InChI is InChI=1S/C15H26N2O4/c1-2-15(13(19)20)7-5-8-16(11-15)14(21)17-9-4-3-6-12(17)10-18/h12,18H,2-11H2,1H3,(H,19,20). The van der Waals surface area contributed by atoms with Crippen molar-refractivity contribution in [2.75, 3.05) is 26.2 Å². The molecular weight excluding hydrogens is 272 g/mol. The lowest BCUT2D eigenvalue weighted by molar-refractivity contribution is -0.152. The normalized spacial score (nSPS) is 30.3. The van der Waals surface area contributed by atoms with Crippen LogP contribution in [-0.4, -0.2) is 64.3 Å². The van der Waals surface area contributed by atoms with Crippen LogP contribution >= 0.6 is 0 Å². The Morgan fingerprint density at radius 1 is 1.24 bits per heavy atom. The number of carbonyl (C=O) groups is 2. The lowest BCUT2D eigenvalue weighted by atomic mass is 9.78. The zero-order valence-electron chi connectivity index (χ0n) is 12.8. The third kappa shape index (κ3) is 3.15. The van der Waals surface area contributed by atoms with Crippen molar-refractivity contribution in [3.63, 3.8) is 0 Å². The number of piperidine rings is 2. The number of carboxylic acid groups (broad SMARTS) is 1. The Hall–Kier alpha value is -1.30. The number of rotatable bonds is 3. The molecule has 0 aromatic carbocycles. The van der Waals surface area contributed by atoms with Gasteiger partial charge in [0.25, 0.3) is 0 Å². The highest BCUT2D eigenvalue weighted by Gasteiger charge is 2.43. The van der Waals surface area contributed by atoms with Crippen molar-refractivity contribution < 1.29 is 19.8 Å². The Morgan fingerprint density at radius 3 is 2.62 bits per heavy atom. The van der Waals surface area contributed by atoms with Crippen LogP contribution in [0.15, 0.2) is 0 Å². The summed E-state index contributed by atoms with van der Waals surface area (Å²) in [6.07, 6.45) is 4.70. The summed E-state index contributed by atoms with van der Waals surface area (Å²) in [7, 11) is 0. The second-order valence-corrected chi connectivity index (χ2v) is 6.27. The van der Waals surface area contributed by atoms with E-state index in [2.05, 4.69) is 0 Å². The van der Waals surface area contributed by atoms with Crippen LogP contribution in [0, 0.1) is 5.41 Å². The highest BCUT2D eigenvalue weighted by molar-refractivity contribution is 5.79. The van der Waals surface area contributed by atoms with Gasteiger partial charge in [0, 0.05) is 19.6 Å². The van der Waals surface area contributed by atoms with E-state index in [9.17, 15) is 19.8 Å². The number of carboxylic acids is 1. The van der Waals surface area contributed by atoms with E-state index < -0.39 is 11.4 Å². The molecule has 0 saturated carbocycles. The van der Waals surface area contributed by atoms with Crippen molar-refractivity contribution in [1.82, 2.24) is 9.80 Å². The van der Waals surface area contributed by atoms with Gasteiger partial charge in [-0.15, -0.1) is 0 Å². The minimum atomic E-state index is -0.807. The first-order chi connectivity index (χ1) is 10.0. The predicted octanol–water partition coefficient (Wildman–Crippen LogP) is 1.53. The maximum atomic E-state index is 12.7. The molecule has 6 nitrogen and oxygen atoms in total. The lowest BCUT2D eigenvalue weighted by Gasteiger charge is -2.43. The van der Waals surface area contributed by atoms with E-state index in [0.717, 1.165) is 25.7 Å². The van der Waals surface area contributed by atoms with E-state index in [1.54, 1.807) is 9.80 Å². The molecule has 120 valence electrons. The van der Waals surface area contributed by atoms with Gasteiger partial charge in [-0.2, -0.15) is 0 Å². The van der Waals surface area contributed by atoms with E-state index in [1.165, 1.54) is 0 Å². The SMILES string of the molecule is CCC1(C(=O)O)CCCN(C(=O)N2CCCCC2CO)C1. The Kier molecular flexibility index (Phi) is 5.08. The van der Waals surface area contributed by atoms with Crippen molar-refractivity contribution in [2.24, 2.45) is 5.41 Å². The summed E-state index contributed by atoms with van der Waals surface area (Å²) in [5, 5.41) is 18.9. The van der Waals surface area contributed by atoms with Gasteiger partial charge in [-0.3, -0.25) is 4.79 Å². The molecule has 2 unspecified atom stereocenters. The van der Waals surface area contributed by atoms with Crippen molar-refractivity contribution in [3.05, 3.63) is 0 Å². The number of aliphatic hydroxyl groups is 1. The average Bonchev–Trinajstić information content (AvgIpc) is 2.53. The van der Waals surface area contributed by atoms with Crippen molar-refractivity contribution in [3.8, 4) is 0 Å². The predicted molar refractivity (Wildman–Crippen MR) is 78.0 cm³/mol. The fourth-order valence-corrected chi connectivity index (χ4v) is 3.53. The molecule has 0 aliphatic carbocycles. The number of likely N-dealkylation sites (tertiary alicyclic amines) is 2. The van der Waals surface area contributed by atoms with Gasteiger partial charge in [-0.05, 0) is 38.5 Å². The maximum Gasteiger partial charge on any atom is 0.320 e. The van der Waals surface area contributed by atoms with Gasteiger partial charge in [-0.1, -0.05) is 6.92 Å². The first kappa shape index (κ1) is 16.1. The maximum absolute atomic E-state index is 12.7. The molecule has 2 heterocycles. The molecule has 6 heteroatoms. The third-order valence-electron chi connectivity index (χ3n) is 5.06. The Morgan fingerprint density at radius 2 is 2.00 bits per heavy atom. The van der Waals surface area contributed by atoms with Crippen LogP contribution in [0.2, 0.25) is 0 Å². The Bertz CT molecular complexity index is 401. The minimum Gasteiger partial charge on any atom is -0.481 e. The van der Waals surface area contributed by atoms with E-state index >= 15 is 0 Å². The van der Waals surface area contributed by atoms with E-state index in [0.29, 0.717) is 25.9 Å². The molecule has 0 aromatic heterocycles. The van der Waals surface area contributed by atoms with Crippen LogP contribution in [-0.2, 0) is 4.79 Å². The summed E-state index contributed by atoms with van der Waals surface area (Å²) in [6, 6.07) is -0.221. The second kappa shape index (κ2) is 6.64. The zero-order valence-corrected chi connectivity index (χ0v) is 12.8. The van der Waals surface area contributed by atoms with Crippen LogP contribution in [0.4, 0.5) is 4.79 Å². The van der Waals surface area contributed by atoms with E-state index in [-0.39, 0.29) is 25.2 Å². The molecule has 2 atom stereocenters. The topological polar surface area (TPSA) is 81.1 Å². The number of aliphatic carboxylic acids is 1. The molecule has 0 aromatic rings. The van der Waals surface area contributed by atoms with E-state index in [4.69, 9.17) is 0 Å². The lowest BCUT2D eigenvalue weighted by Crippen LogP contribution is -2.56. The quantitative estimate of drug-likeness (QED) is 0.828. The molecule has 2 saturated heterocycles. The largest absolute Gasteiger partial charge is 0.481 e. The first-order valence-corrected chi connectivity index (χ1v) is 7.94. The molecule has 2 N–H and O–H groups in total. The number of hydrogen-bond acceptors (Lipinski definition) is 3. The molecule has 2 rings (SSSR count). The molecule has 0 bridgehead atoms. The van der Waals surface area contributed by atoms with Gasteiger partial charge < -0.3 is 20.0 Å². The number of hydrogen-bond donors (Lipinski definition) is 2. The summed E-state index contributed by atoms with van der Waals surface area (Å²) in [5.74, 6) is -0.806. The number of nitrogens with zero attached hydrogens (tertiary/aromatic N) is 2. The Labute approximate surface area is 125 Å². The highest BCUT2D eigenvalue weighted by atomic mass is 16.4. The van der Waals surface area contributed by atoms with Gasteiger partial charge >= 0.3 is 12.0 Å². The highest BCUT2D eigenvalue weighted by Crippen LogP contribution is 2.34. The average molecular weight is 298 g/mol. The fourth-order valence-electron chi connectivity index (χ4n) is 3.53. The number of urea groups is 1. The van der Waals surface area contributed by atoms with Crippen molar-refractivity contribution >= 4 is 12.0 Å². The third-order valence-corrected chi connectivity index (χ3v) is 5.06. The zero-order chi connectivity index (χ0) is 15.5. The molecule has 0 radical (unpaired) electrons. The molecule has 0 spiro atoms. The summed E-state index contributed by atoms with van der Waals surface area (Å²) in [5.41, 5.74) is -0.807. The van der Waals surface area contributed by atoms with Crippen LogP contribution in [0.5, 0.6) is 0 Å². The van der Waals surface area contributed by atoms with E-state index in [1.807, 2.05) is 6.92 Å². The molecular formula is C15H26N2O4. The Balaban J connectivity index is 2.09. The molecule has 2 aliphatic heterocycles. The molecule has 2 aliphatic rings. The summed E-state index contributed by atoms with van der Waals surface area (Å²) in [4.78, 5) is 27.7. The first-order valence-electron chi connectivity index (χ1n) is 7.94. The van der Waals surface area contributed by atoms with Gasteiger partial charge in [0.05, 0.1) is 18.1 Å². The minimum absolute atomic E-state index is 0.0164. The summed E-state index contributed by atoms with van der Waals surface area (Å²) in [6.45, 7) is 3.42. The van der Waals surface area contributed by atoms with Gasteiger partial charge in [0.1, 0.15) is 0 Å². The van der Waals surface area contributed by atoms with Crippen LogP contribution in [0.3, 0.4) is 0 Å². The second-order valence-electron chi connectivity index (χ2n) is 6.27. The number of aliphatic hydroxyl groups excluding tert-OH is 1. The van der Waals surface area contributed by atoms with Crippen LogP contribution in [0.25, 0.3) is 0 Å². The molecule has 21 heavy (non-hydrogen) atoms. The molecule has 2 amide bonds. The van der Waals surface area contributed by atoms with Gasteiger partial charge in [0.15, 0.2) is 0 Å². The summed E-state index contributed by atoms with van der Waals surface area (Å²) >= 11 is 0. The van der Waals surface area contributed by atoms with Gasteiger partial charge in [-0.25, -0.2) is 4.79 Å². The number of carbonyl (C=O) groups excluding carboxylic acids is 1. The monoisotopic (exact) mass is 298 g/mol. The molecule has 2 fully saturated rings. The number of amides is 2. The summed E-state index contributed by atoms with van der Waals surface area (Å²) < 4.78 is 0. The smallest absolute Gasteiger partial charge is 0.320 e. The van der Waals surface area contributed by atoms with Crippen LogP contribution < -0.4 is 0 Å². The fraction of sp³-hybridized carbons (Fsp3) is 0.867. The van der Waals surface area contributed by atoms with Crippen molar-refractivity contribution in [2.45, 2.75) is 51.5 Å². The van der Waals surface area contributed by atoms with Crippen LogP contribution in [0.1, 0.15) is 45.4 Å².